The molecular formula is C19H24N2O3S. The standard InChI is InChI=1S/C19H24N2O3S/c1-5-18(19(22)20-17-9-7-6-8-15(17)3)21(25(4,23)24)16-12-10-14(2)11-13-16/h6-13,18H,5H2,1-4H3,(H,20,22)/t18-/m0/s1. The quantitative estimate of drug-likeness (QED) is 0.857. The molecule has 2 aromatic carbocycles. The zero-order valence-electron chi connectivity index (χ0n) is 15.0. The predicted octanol–water partition coefficient (Wildman–Crippen LogP) is 3.49. The molecule has 0 aliphatic carbocycles. The number of nitrogens with zero attached hydrogens (tertiary/aromatic N) is 1. The van der Waals surface area contributed by atoms with Crippen LogP contribution in [0.1, 0.15) is 24.5 Å². The number of benzene rings is 2. The molecule has 0 bridgehead atoms. The molecule has 0 saturated heterocycles. The summed E-state index contributed by atoms with van der Waals surface area (Å²) in [6.07, 6.45) is 1.48. The van der Waals surface area contributed by atoms with E-state index in [1.807, 2.05) is 44.2 Å². The molecule has 1 amide bonds. The van der Waals surface area contributed by atoms with Crippen molar-refractivity contribution in [1.82, 2.24) is 0 Å². The van der Waals surface area contributed by atoms with Gasteiger partial charge in [0.2, 0.25) is 15.9 Å². The van der Waals surface area contributed by atoms with Crippen LogP contribution >= 0.6 is 0 Å². The molecular weight excluding hydrogens is 336 g/mol. The summed E-state index contributed by atoms with van der Waals surface area (Å²) in [6, 6.07) is 13.7. The third-order valence-corrected chi connectivity index (χ3v) is 5.20. The Morgan fingerprint density at radius 1 is 1.08 bits per heavy atom. The van der Waals surface area contributed by atoms with Crippen LogP contribution < -0.4 is 9.62 Å². The lowest BCUT2D eigenvalue weighted by Crippen LogP contribution is -2.47. The first-order chi connectivity index (χ1) is 11.7. The summed E-state index contributed by atoms with van der Waals surface area (Å²) >= 11 is 0. The number of nitrogens with one attached hydrogen (secondary N) is 1. The molecule has 6 heteroatoms. The van der Waals surface area contributed by atoms with Crippen molar-refractivity contribution in [3.05, 3.63) is 59.7 Å². The molecule has 25 heavy (non-hydrogen) atoms. The van der Waals surface area contributed by atoms with Gasteiger partial charge in [-0.1, -0.05) is 42.8 Å². The Bertz CT molecular complexity index is 845. The summed E-state index contributed by atoms with van der Waals surface area (Å²) in [7, 11) is -3.62. The van der Waals surface area contributed by atoms with Crippen LogP contribution in [0.4, 0.5) is 11.4 Å². The molecule has 0 aliphatic rings. The first-order valence-electron chi connectivity index (χ1n) is 8.16. The fraction of sp³-hybridized carbons (Fsp3) is 0.316. The molecule has 2 aromatic rings. The smallest absolute Gasteiger partial charge is 0.248 e. The molecule has 1 atom stereocenters. The molecule has 0 unspecified atom stereocenters. The highest BCUT2D eigenvalue weighted by Gasteiger charge is 2.31. The highest BCUT2D eigenvalue weighted by atomic mass is 32.2. The van der Waals surface area contributed by atoms with E-state index < -0.39 is 16.1 Å². The van der Waals surface area contributed by atoms with E-state index in [9.17, 15) is 13.2 Å². The molecule has 0 aliphatic heterocycles. The zero-order chi connectivity index (χ0) is 18.6. The number of amides is 1. The third kappa shape index (κ3) is 4.60. The van der Waals surface area contributed by atoms with E-state index in [0.29, 0.717) is 17.8 Å². The molecule has 0 spiro atoms. The van der Waals surface area contributed by atoms with Crippen LogP contribution in [-0.4, -0.2) is 26.6 Å². The summed E-state index contributed by atoms with van der Waals surface area (Å²) in [5, 5.41) is 2.85. The second kappa shape index (κ2) is 7.70. The van der Waals surface area contributed by atoms with Crippen LogP contribution in [0.5, 0.6) is 0 Å². The lowest BCUT2D eigenvalue weighted by molar-refractivity contribution is -0.117. The number of hydrogen-bond acceptors (Lipinski definition) is 3. The minimum absolute atomic E-state index is 0.345. The van der Waals surface area contributed by atoms with Gasteiger partial charge in [-0.2, -0.15) is 0 Å². The Kier molecular flexibility index (Phi) is 5.85. The van der Waals surface area contributed by atoms with Crippen molar-refractivity contribution in [3.8, 4) is 0 Å². The second-order valence-electron chi connectivity index (χ2n) is 6.12. The Morgan fingerprint density at radius 2 is 1.68 bits per heavy atom. The van der Waals surface area contributed by atoms with Gasteiger partial charge in [-0.3, -0.25) is 9.10 Å². The number of aryl methyl sites for hydroxylation is 2. The average molecular weight is 360 g/mol. The molecule has 1 N–H and O–H groups in total. The van der Waals surface area contributed by atoms with Crippen LogP contribution in [0.3, 0.4) is 0 Å². The van der Waals surface area contributed by atoms with Gasteiger partial charge in [0.25, 0.3) is 0 Å². The zero-order valence-corrected chi connectivity index (χ0v) is 15.8. The van der Waals surface area contributed by atoms with Gasteiger partial charge in [-0.05, 0) is 44.0 Å². The van der Waals surface area contributed by atoms with Crippen molar-refractivity contribution in [1.29, 1.82) is 0 Å². The van der Waals surface area contributed by atoms with Crippen molar-refractivity contribution in [3.63, 3.8) is 0 Å². The van der Waals surface area contributed by atoms with E-state index in [0.717, 1.165) is 17.4 Å². The lowest BCUT2D eigenvalue weighted by Gasteiger charge is -2.30. The Morgan fingerprint density at radius 3 is 2.20 bits per heavy atom. The third-order valence-electron chi connectivity index (χ3n) is 4.02. The van der Waals surface area contributed by atoms with E-state index in [-0.39, 0.29) is 5.91 Å². The molecule has 0 heterocycles. The largest absolute Gasteiger partial charge is 0.324 e. The van der Waals surface area contributed by atoms with Gasteiger partial charge in [-0.15, -0.1) is 0 Å². The van der Waals surface area contributed by atoms with E-state index in [2.05, 4.69) is 5.32 Å². The van der Waals surface area contributed by atoms with E-state index in [1.54, 1.807) is 25.1 Å². The number of sulfonamides is 1. The van der Waals surface area contributed by atoms with Gasteiger partial charge in [0.05, 0.1) is 11.9 Å². The molecule has 0 radical (unpaired) electrons. The predicted molar refractivity (Wildman–Crippen MR) is 102 cm³/mol. The van der Waals surface area contributed by atoms with Gasteiger partial charge < -0.3 is 5.32 Å². The first-order valence-corrected chi connectivity index (χ1v) is 10.0. The SMILES string of the molecule is CC[C@@H](C(=O)Nc1ccccc1C)N(c1ccc(C)cc1)S(C)(=O)=O. The van der Waals surface area contributed by atoms with Crippen LogP contribution in [0.25, 0.3) is 0 Å². The van der Waals surface area contributed by atoms with Crippen LogP contribution in [0.2, 0.25) is 0 Å². The number of anilines is 2. The summed E-state index contributed by atoms with van der Waals surface area (Å²) in [4.78, 5) is 12.8. The van der Waals surface area contributed by atoms with Crippen molar-refractivity contribution >= 4 is 27.3 Å². The minimum Gasteiger partial charge on any atom is -0.324 e. The van der Waals surface area contributed by atoms with Crippen LogP contribution in [0, 0.1) is 13.8 Å². The molecule has 0 saturated carbocycles. The van der Waals surface area contributed by atoms with Gasteiger partial charge >= 0.3 is 0 Å². The molecule has 0 fully saturated rings. The van der Waals surface area contributed by atoms with Crippen molar-refractivity contribution in [2.24, 2.45) is 0 Å². The van der Waals surface area contributed by atoms with Gasteiger partial charge in [0.1, 0.15) is 6.04 Å². The number of hydrogen-bond donors (Lipinski definition) is 1. The summed E-state index contributed by atoms with van der Waals surface area (Å²) in [5.41, 5.74) is 3.12. The summed E-state index contributed by atoms with van der Waals surface area (Å²) in [6.45, 7) is 5.62. The van der Waals surface area contributed by atoms with Crippen LogP contribution in [0.15, 0.2) is 48.5 Å². The first kappa shape index (κ1) is 19.0. The average Bonchev–Trinajstić information content (AvgIpc) is 2.54. The van der Waals surface area contributed by atoms with Crippen molar-refractivity contribution < 1.29 is 13.2 Å². The number of rotatable bonds is 6. The van der Waals surface area contributed by atoms with Crippen molar-refractivity contribution in [2.45, 2.75) is 33.2 Å². The summed E-state index contributed by atoms with van der Waals surface area (Å²) < 4.78 is 26.0. The summed E-state index contributed by atoms with van der Waals surface area (Å²) in [5.74, 6) is -0.345. The van der Waals surface area contributed by atoms with E-state index >= 15 is 0 Å². The molecule has 2 rings (SSSR count). The number of carbonyl (C=O) groups is 1. The Balaban J connectivity index is 2.38. The molecule has 0 aromatic heterocycles. The number of para-hydroxylation sites is 1. The molecule has 5 nitrogen and oxygen atoms in total. The molecule has 134 valence electrons. The van der Waals surface area contributed by atoms with Crippen LogP contribution in [-0.2, 0) is 14.8 Å². The fourth-order valence-corrected chi connectivity index (χ4v) is 3.89. The van der Waals surface area contributed by atoms with E-state index in [1.165, 1.54) is 4.31 Å². The second-order valence-corrected chi connectivity index (χ2v) is 7.98. The minimum atomic E-state index is -3.62. The van der Waals surface area contributed by atoms with E-state index in [4.69, 9.17) is 0 Å². The maximum atomic E-state index is 12.8. The highest BCUT2D eigenvalue weighted by Crippen LogP contribution is 2.24. The van der Waals surface area contributed by atoms with Gasteiger partial charge in [0, 0.05) is 5.69 Å². The number of carbonyl (C=O) groups excluding carboxylic acids is 1. The topological polar surface area (TPSA) is 66.5 Å². The maximum absolute atomic E-state index is 12.8. The highest BCUT2D eigenvalue weighted by molar-refractivity contribution is 7.92. The fourth-order valence-electron chi connectivity index (χ4n) is 2.68. The lowest BCUT2D eigenvalue weighted by atomic mass is 10.1. The Labute approximate surface area is 149 Å². The van der Waals surface area contributed by atoms with Gasteiger partial charge in [0.15, 0.2) is 0 Å². The maximum Gasteiger partial charge on any atom is 0.248 e. The normalized spacial score (nSPS) is 12.5. The van der Waals surface area contributed by atoms with Gasteiger partial charge in [-0.25, -0.2) is 8.42 Å². The monoisotopic (exact) mass is 360 g/mol. The van der Waals surface area contributed by atoms with Crippen molar-refractivity contribution in [2.75, 3.05) is 15.9 Å². The Hall–Kier alpha value is -2.34.